The summed E-state index contributed by atoms with van der Waals surface area (Å²) < 4.78 is 61.1. The van der Waals surface area contributed by atoms with Crippen LogP contribution < -0.4 is 0 Å². The zero-order valence-corrected chi connectivity index (χ0v) is 63.9. The number of phosphoric acid groups is 2. The molecule has 0 amide bonds. The van der Waals surface area contributed by atoms with E-state index in [4.69, 9.17) is 32.3 Å². The molecule has 0 aromatic heterocycles. The van der Waals surface area contributed by atoms with Crippen LogP contribution in [0.1, 0.15) is 316 Å². The molecule has 5 unspecified atom stereocenters. The molecule has 16 nitrogen and oxygen atoms in total. The fourth-order valence-corrected chi connectivity index (χ4v) is 11.9. The van der Waals surface area contributed by atoms with E-state index in [1.807, 2.05) is 0 Å². The highest BCUT2D eigenvalue weighted by atomic mass is 31.2. The van der Waals surface area contributed by atoms with Gasteiger partial charge in [0.25, 0.3) is 0 Å². The van der Waals surface area contributed by atoms with Gasteiger partial charge in [0.15, 0.2) is 6.10 Å². The Morgan fingerprint density at radius 2 is 0.535 bits per heavy atom. The molecule has 5 atom stereocenters. The van der Waals surface area contributed by atoms with Crippen molar-refractivity contribution in [1.82, 2.24) is 0 Å². The topological polar surface area (TPSA) is 231 Å². The molecule has 0 spiro atoms. The molecule has 99 heavy (non-hydrogen) atoms. The summed E-state index contributed by atoms with van der Waals surface area (Å²) in [4.78, 5) is 58.6. The fraction of sp³-hybridized carbons (Fsp3) is 0.716. The van der Waals surface area contributed by atoms with Gasteiger partial charge in [-0.2, -0.15) is 0 Å². The van der Waals surface area contributed by atoms with Crippen molar-refractivity contribution in [3.63, 3.8) is 0 Å². The molecular formula is C81H140O16P2. The number of carbonyl (C=O) groups excluding carboxylic acids is 3. The minimum atomic E-state index is -4.93. The second-order valence-electron chi connectivity index (χ2n) is 25.8. The lowest BCUT2D eigenvalue weighted by Gasteiger charge is -2.21. The summed E-state index contributed by atoms with van der Waals surface area (Å²) in [6, 6.07) is 0. The number of carbonyl (C=O) groups is 3. The molecule has 570 valence electrons. The summed E-state index contributed by atoms with van der Waals surface area (Å²) in [7, 11) is -9.79. The van der Waals surface area contributed by atoms with Crippen molar-refractivity contribution in [2.45, 2.75) is 334 Å². The number of unbranched alkanes of at least 4 members (excludes halogenated alkanes) is 30. The van der Waals surface area contributed by atoms with Gasteiger partial charge in [-0.25, -0.2) is 9.13 Å². The summed E-state index contributed by atoms with van der Waals surface area (Å²) in [6.07, 6.45) is 86.7. The Bertz CT molecular complexity index is 2290. The average Bonchev–Trinajstić information content (AvgIpc) is 1.37. The Morgan fingerprint density at radius 1 is 0.293 bits per heavy atom. The van der Waals surface area contributed by atoms with E-state index >= 15 is 0 Å². The van der Waals surface area contributed by atoms with E-state index in [-0.39, 0.29) is 19.3 Å². The van der Waals surface area contributed by atoms with Crippen molar-refractivity contribution in [3.8, 4) is 0 Å². The van der Waals surface area contributed by atoms with E-state index < -0.39 is 91.5 Å². The molecule has 0 heterocycles. The Labute approximate surface area is 602 Å². The molecule has 0 radical (unpaired) electrons. The number of hydrogen-bond donors (Lipinski definition) is 4. The van der Waals surface area contributed by atoms with Crippen molar-refractivity contribution in [1.29, 1.82) is 0 Å². The van der Waals surface area contributed by atoms with Gasteiger partial charge in [0.05, 0.1) is 26.4 Å². The second-order valence-corrected chi connectivity index (χ2v) is 28.7. The van der Waals surface area contributed by atoms with Crippen LogP contribution in [0.5, 0.6) is 0 Å². The molecule has 0 fully saturated rings. The Morgan fingerprint density at radius 3 is 0.848 bits per heavy atom. The maximum atomic E-state index is 13.0. The number of ether oxygens (including phenoxy) is 3. The van der Waals surface area contributed by atoms with Gasteiger partial charge in [0.2, 0.25) is 0 Å². The van der Waals surface area contributed by atoms with Crippen molar-refractivity contribution >= 4 is 33.6 Å². The number of aliphatic hydroxyl groups is 2. The van der Waals surface area contributed by atoms with E-state index in [9.17, 15) is 43.5 Å². The largest absolute Gasteiger partial charge is 0.472 e. The van der Waals surface area contributed by atoms with Crippen LogP contribution in [0, 0.1) is 0 Å². The Kier molecular flexibility index (Phi) is 70.7. The standard InChI is InChI=1S/C81H140O16P2/c1-4-7-10-13-16-19-22-25-27-29-31-33-35-37-39-41-43-45-47-50-52-55-58-61-64-67-79(84)91-70-76(82)71-93-98(87,88)94-72-77(83)73-95-99(89,90)96-75-78(97-81(86)69-66-63-60-57-54-49-24-21-18-15-12-9-6-3)74-92-80(85)68-65-62-59-56-53-51-48-46-44-42-40-38-36-34-32-30-28-26-23-20-17-14-11-8-5-2/h7-8,10-11,16-17,19-20,25-28,31-34,37-40,76-78,82-83H,4-6,9,12-15,18,21-24,29-30,35-36,41-75H2,1-3H3,(H,87,88)(H,89,90)/b10-7-,11-8-,19-16-,20-17-,27-25-,28-26-,33-31-,34-32-,39-37-,40-38-. The number of esters is 3. The van der Waals surface area contributed by atoms with Crippen LogP contribution in [0.2, 0.25) is 0 Å². The van der Waals surface area contributed by atoms with Gasteiger partial charge in [-0.05, 0) is 109 Å². The predicted molar refractivity (Wildman–Crippen MR) is 408 cm³/mol. The molecule has 0 aromatic carbocycles. The van der Waals surface area contributed by atoms with E-state index in [2.05, 4.69) is 142 Å². The van der Waals surface area contributed by atoms with Crippen LogP contribution >= 0.6 is 15.6 Å². The van der Waals surface area contributed by atoms with Gasteiger partial charge in [-0.3, -0.25) is 32.5 Å². The van der Waals surface area contributed by atoms with Gasteiger partial charge >= 0.3 is 33.6 Å². The monoisotopic (exact) mass is 1430 g/mol. The number of phosphoric ester groups is 2. The summed E-state index contributed by atoms with van der Waals surface area (Å²) in [6.45, 7) is 2.46. The van der Waals surface area contributed by atoms with Crippen LogP contribution in [-0.2, 0) is 55.8 Å². The molecule has 0 aliphatic carbocycles. The van der Waals surface area contributed by atoms with Gasteiger partial charge < -0.3 is 34.2 Å². The van der Waals surface area contributed by atoms with Gasteiger partial charge in [0, 0.05) is 19.3 Å². The van der Waals surface area contributed by atoms with Crippen LogP contribution in [0.15, 0.2) is 122 Å². The second kappa shape index (κ2) is 73.7. The summed E-state index contributed by atoms with van der Waals surface area (Å²) >= 11 is 0. The number of allylic oxidation sites excluding steroid dienone is 20. The van der Waals surface area contributed by atoms with Crippen molar-refractivity contribution in [2.24, 2.45) is 0 Å². The van der Waals surface area contributed by atoms with E-state index in [0.29, 0.717) is 19.3 Å². The van der Waals surface area contributed by atoms with Crippen molar-refractivity contribution in [2.75, 3.05) is 39.6 Å². The summed E-state index contributed by atoms with van der Waals surface area (Å²) in [5.74, 6) is -1.58. The van der Waals surface area contributed by atoms with Crippen LogP contribution in [0.4, 0.5) is 0 Å². The molecular weight excluding hydrogens is 1290 g/mol. The van der Waals surface area contributed by atoms with Crippen LogP contribution in [-0.4, -0.2) is 95.9 Å². The molecule has 0 saturated heterocycles. The lowest BCUT2D eigenvalue weighted by molar-refractivity contribution is -0.161. The predicted octanol–water partition coefficient (Wildman–Crippen LogP) is 22.5. The molecule has 4 N–H and O–H groups in total. The quantitative estimate of drug-likeness (QED) is 0.0146. The third-order valence-electron chi connectivity index (χ3n) is 16.2. The highest BCUT2D eigenvalue weighted by Crippen LogP contribution is 2.45. The SMILES string of the molecule is CC/C=C\C/C=C\C/C=C\C/C=C\C/C=C\CCCCCCCCCCCC(=O)OCC(O)COP(=O)(O)OCC(O)COP(=O)(O)OCC(COC(=O)CCCCCCCCCCC/C=C\C/C=C\C/C=C\C/C=C\C/C=C\CC)OC(=O)CCCCCCCCCCCCCCC. The molecule has 0 bridgehead atoms. The Balaban J connectivity index is 4.56. The molecule has 18 heteroatoms. The lowest BCUT2D eigenvalue weighted by Crippen LogP contribution is -2.30. The summed E-state index contributed by atoms with van der Waals surface area (Å²) in [5, 5.41) is 20.6. The molecule has 0 aliphatic rings. The average molecular weight is 1430 g/mol. The third kappa shape index (κ3) is 74.9. The normalized spacial score (nSPS) is 14.7. The van der Waals surface area contributed by atoms with E-state index in [1.54, 1.807) is 0 Å². The first-order chi connectivity index (χ1) is 48.2. The summed E-state index contributed by atoms with van der Waals surface area (Å²) in [5.41, 5.74) is 0. The number of hydrogen-bond acceptors (Lipinski definition) is 14. The first-order valence-corrected chi connectivity index (χ1v) is 41.8. The third-order valence-corrected chi connectivity index (χ3v) is 18.1. The smallest absolute Gasteiger partial charge is 0.463 e. The Hall–Kier alpha value is -4.05. The van der Waals surface area contributed by atoms with E-state index in [1.165, 1.54) is 103 Å². The van der Waals surface area contributed by atoms with Gasteiger partial charge in [-0.1, -0.05) is 309 Å². The maximum Gasteiger partial charge on any atom is 0.472 e. The highest BCUT2D eigenvalue weighted by molar-refractivity contribution is 7.47. The first kappa shape index (κ1) is 94.9. The van der Waals surface area contributed by atoms with E-state index in [0.717, 1.165) is 154 Å². The van der Waals surface area contributed by atoms with Crippen LogP contribution in [0.3, 0.4) is 0 Å². The zero-order valence-electron chi connectivity index (χ0n) is 62.1. The first-order valence-electron chi connectivity index (χ1n) is 38.8. The minimum absolute atomic E-state index is 0.105. The van der Waals surface area contributed by atoms with Crippen LogP contribution in [0.25, 0.3) is 0 Å². The number of aliphatic hydroxyl groups excluding tert-OH is 2. The lowest BCUT2D eigenvalue weighted by atomic mass is 10.0. The molecule has 0 aliphatic heterocycles. The zero-order chi connectivity index (χ0) is 72.3. The van der Waals surface area contributed by atoms with Gasteiger partial charge in [-0.15, -0.1) is 0 Å². The van der Waals surface area contributed by atoms with Gasteiger partial charge in [0.1, 0.15) is 25.4 Å². The fourth-order valence-electron chi connectivity index (χ4n) is 10.3. The van der Waals surface area contributed by atoms with Crippen molar-refractivity contribution in [3.05, 3.63) is 122 Å². The molecule has 0 rings (SSSR count). The highest BCUT2D eigenvalue weighted by Gasteiger charge is 2.29. The molecule has 0 saturated carbocycles. The number of rotatable bonds is 73. The maximum absolute atomic E-state index is 13.0. The molecule has 0 aromatic rings. The van der Waals surface area contributed by atoms with Crippen molar-refractivity contribution < 1.29 is 75.8 Å². The minimum Gasteiger partial charge on any atom is -0.463 e.